The first-order valence-corrected chi connectivity index (χ1v) is 14.8. The Hall–Kier alpha value is -3.45. The molecule has 1 aliphatic heterocycles. The van der Waals surface area contributed by atoms with Crippen molar-refractivity contribution < 1.29 is 14.3 Å². The minimum absolute atomic E-state index is 0.177. The maximum atomic E-state index is 13.7. The number of amides is 1. The van der Waals surface area contributed by atoms with E-state index in [9.17, 15) is 4.79 Å². The van der Waals surface area contributed by atoms with Gasteiger partial charge < -0.3 is 14.8 Å². The fourth-order valence-corrected chi connectivity index (χ4v) is 8.20. The molecule has 4 aliphatic carbocycles. The van der Waals surface area contributed by atoms with Crippen LogP contribution in [0.4, 0.5) is 5.82 Å². The van der Waals surface area contributed by atoms with Crippen LogP contribution in [0.2, 0.25) is 0 Å². The second-order valence-corrected chi connectivity index (χ2v) is 12.5. The maximum Gasteiger partial charge on any atom is 0.231 e. The summed E-state index contributed by atoms with van der Waals surface area (Å²) in [6.45, 7) is 2.90. The van der Waals surface area contributed by atoms with Crippen LogP contribution in [0.1, 0.15) is 60.9 Å². The summed E-state index contributed by atoms with van der Waals surface area (Å²) in [4.78, 5) is 25.2. The van der Waals surface area contributed by atoms with E-state index in [1.807, 2.05) is 24.3 Å². The first kappa shape index (κ1) is 25.5. The fraction of sp³-hybridized carbons (Fsp3) is 0.485. The summed E-state index contributed by atoms with van der Waals surface area (Å²) in [5.41, 5.74) is 4.22. The van der Waals surface area contributed by atoms with Gasteiger partial charge in [0.2, 0.25) is 5.91 Å². The lowest BCUT2D eigenvalue weighted by molar-refractivity contribution is -0.140. The Morgan fingerprint density at radius 3 is 2.45 bits per heavy atom. The predicted molar refractivity (Wildman–Crippen MR) is 153 cm³/mol. The van der Waals surface area contributed by atoms with E-state index in [1.54, 1.807) is 13.4 Å². The van der Waals surface area contributed by atoms with Crippen LogP contribution in [0.3, 0.4) is 0 Å². The Labute approximate surface area is 236 Å². The lowest BCUT2D eigenvalue weighted by Gasteiger charge is -2.55. The lowest BCUT2D eigenvalue weighted by atomic mass is 9.49. The second kappa shape index (κ2) is 10.5. The number of fused-ring (bicyclic) bond motifs is 1. The third kappa shape index (κ3) is 4.96. The molecule has 3 aromatic rings. The first-order chi connectivity index (χ1) is 19.6. The molecule has 4 bridgehead atoms. The third-order valence-electron chi connectivity index (χ3n) is 9.71. The molecular formula is C33H38N4O3. The summed E-state index contributed by atoms with van der Waals surface area (Å²) in [5, 5.41) is 3.30. The van der Waals surface area contributed by atoms with Gasteiger partial charge in [0.25, 0.3) is 0 Å². The average molecular weight is 539 g/mol. The Morgan fingerprint density at radius 1 is 0.975 bits per heavy atom. The monoisotopic (exact) mass is 538 g/mol. The van der Waals surface area contributed by atoms with Gasteiger partial charge >= 0.3 is 0 Å². The van der Waals surface area contributed by atoms with Crippen molar-refractivity contribution in [3.8, 4) is 11.5 Å². The molecule has 208 valence electrons. The number of anilines is 1. The van der Waals surface area contributed by atoms with Crippen LogP contribution in [-0.2, 0) is 30.9 Å². The number of carbonyl (C=O) groups is 1. The molecule has 1 N–H and O–H groups in total. The van der Waals surface area contributed by atoms with Crippen LogP contribution in [0.5, 0.6) is 11.5 Å². The number of carbonyl (C=O) groups excluding carboxylic acids is 1. The molecule has 5 aliphatic rings. The molecule has 4 saturated carbocycles. The van der Waals surface area contributed by atoms with Gasteiger partial charge in [0, 0.05) is 25.2 Å². The van der Waals surface area contributed by atoms with Crippen LogP contribution < -0.4 is 14.8 Å². The number of nitrogens with one attached hydrogen (secondary N) is 1. The fourth-order valence-electron chi connectivity index (χ4n) is 8.20. The van der Waals surface area contributed by atoms with Crippen molar-refractivity contribution in [2.24, 2.45) is 23.2 Å². The second-order valence-electron chi connectivity index (χ2n) is 12.5. The highest BCUT2D eigenvalue weighted by Gasteiger charge is 2.54. The number of methoxy groups -OCH3 is 1. The molecular weight excluding hydrogens is 500 g/mol. The molecule has 2 aromatic carbocycles. The molecule has 7 heteroatoms. The quantitative estimate of drug-likeness (QED) is 0.392. The van der Waals surface area contributed by atoms with Gasteiger partial charge in [-0.3, -0.25) is 9.69 Å². The first-order valence-electron chi connectivity index (χ1n) is 14.8. The molecule has 0 saturated heterocycles. The summed E-state index contributed by atoms with van der Waals surface area (Å²) >= 11 is 0. The van der Waals surface area contributed by atoms with Gasteiger partial charge in [-0.1, -0.05) is 36.4 Å². The van der Waals surface area contributed by atoms with E-state index >= 15 is 0 Å². The van der Waals surface area contributed by atoms with E-state index < -0.39 is 0 Å². The molecule has 40 heavy (non-hydrogen) atoms. The van der Waals surface area contributed by atoms with Crippen LogP contribution in [0, 0.1) is 23.2 Å². The number of hydrogen-bond donors (Lipinski definition) is 1. The van der Waals surface area contributed by atoms with Gasteiger partial charge in [0.05, 0.1) is 18.2 Å². The van der Waals surface area contributed by atoms with Crippen LogP contribution in [0.25, 0.3) is 0 Å². The Balaban J connectivity index is 1.01. The van der Waals surface area contributed by atoms with Crippen molar-refractivity contribution in [2.45, 2.75) is 64.6 Å². The molecule has 1 aromatic heterocycles. The van der Waals surface area contributed by atoms with Crippen molar-refractivity contribution in [2.75, 3.05) is 19.0 Å². The summed E-state index contributed by atoms with van der Waals surface area (Å²) < 4.78 is 11.7. The van der Waals surface area contributed by atoms with Crippen LogP contribution in [-0.4, -0.2) is 34.4 Å². The van der Waals surface area contributed by atoms with E-state index in [0.29, 0.717) is 6.61 Å². The van der Waals surface area contributed by atoms with Crippen molar-refractivity contribution in [3.63, 3.8) is 0 Å². The van der Waals surface area contributed by atoms with Crippen molar-refractivity contribution in [3.05, 3.63) is 77.2 Å². The Kier molecular flexibility index (Phi) is 6.70. The van der Waals surface area contributed by atoms with Crippen LogP contribution >= 0.6 is 0 Å². The highest BCUT2D eigenvalue weighted by atomic mass is 16.5. The average Bonchev–Trinajstić information content (AvgIpc) is 2.96. The van der Waals surface area contributed by atoms with E-state index in [0.717, 1.165) is 103 Å². The standard InChI is InChI=1S/C33H38N4O3/c1-39-30-14-23(7-8-29(30)40-20-22-5-3-2-4-6-22)18-37-10-9-27-28(19-37)34-21-35-31(27)36-32(38)33-15-24-11-25(16-33)13-26(12-24)17-33/h2-8,14,21,24-26H,9-13,15-20H2,1H3,(H,34,35,36,38). The highest BCUT2D eigenvalue weighted by molar-refractivity contribution is 5.95. The molecule has 0 unspecified atom stereocenters. The van der Waals surface area contributed by atoms with E-state index in [4.69, 9.17) is 9.47 Å². The van der Waals surface area contributed by atoms with Crippen molar-refractivity contribution in [1.82, 2.24) is 14.9 Å². The smallest absolute Gasteiger partial charge is 0.231 e. The zero-order valence-corrected chi connectivity index (χ0v) is 23.3. The SMILES string of the molecule is COc1cc(CN2CCc3c(ncnc3NC(=O)C34CC5CC(CC(C5)C3)C4)C2)ccc1OCc1ccccc1. The van der Waals surface area contributed by atoms with Crippen molar-refractivity contribution in [1.29, 1.82) is 0 Å². The summed E-state index contributed by atoms with van der Waals surface area (Å²) in [6, 6.07) is 16.3. The zero-order chi connectivity index (χ0) is 27.1. The Morgan fingerprint density at radius 2 is 1.73 bits per heavy atom. The summed E-state index contributed by atoms with van der Waals surface area (Å²) in [5.74, 6) is 4.65. The molecule has 2 heterocycles. The minimum Gasteiger partial charge on any atom is -0.493 e. The molecule has 7 nitrogen and oxygen atoms in total. The van der Waals surface area contributed by atoms with Gasteiger partial charge in [-0.2, -0.15) is 0 Å². The largest absolute Gasteiger partial charge is 0.493 e. The van der Waals surface area contributed by atoms with Gasteiger partial charge in [0.1, 0.15) is 18.8 Å². The van der Waals surface area contributed by atoms with Gasteiger partial charge in [-0.05, 0) is 86.0 Å². The molecule has 0 radical (unpaired) electrons. The predicted octanol–water partition coefficient (Wildman–Crippen LogP) is 5.78. The molecule has 0 atom stereocenters. The van der Waals surface area contributed by atoms with Crippen LogP contribution in [0.15, 0.2) is 54.9 Å². The number of nitrogens with zero attached hydrogens (tertiary/aromatic N) is 3. The highest BCUT2D eigenvalue weighted by Crippen LogP contribution is 2.60. The van der Waals surface area contributed by atoms with E-state index in [-0.39, 0.29) is 11.3 Å². The lowest BCUT2D eigenvalue weighted by Crippen LogP contribution is -2.52. The number of ether oxygens (including phenoxy) is 2. The van der Waals surface area contributed by atoms with Gasteiger partial charge in [-0.25, -0.2) is 9.97 Å². The number of hydrogen-bond acceptors (Lipinski definition) is 6. The third-order valence-corrected chi connectivity index (χ3v) is 9.71. The zero-order valence-electron chi connectivity index (χ0n) is 23.3. The topological polar surface area (TPSA) is 76.6 Å². The molecule has 1 amide bonds. The number of benzene rings is 2. The molecule has 8 rings (SSSR count). The minimum atomic E-state index is -0.177. The molecule has 0 spiro atoms. The van der Waals surface area contributed by atoms with Gasteiger partial charge in [0.15, 0.2) is 11.5 Å². The summed E-state index contributed by atoms with van der Waals surface area (Å²) in [6.07, 6.45) is 9.62. The normalized spacial score (nSPS) is 26.8. The Bertz CT molecular complexity index is 1360. The van der Waals surface area contributed by atoms with Crippen molar-refractivity contribution >= 4 is 11.7 Å². The van der Waals surface area contributed by atoms with E-state index in [2.05, 4.69) is 44.5 Å². The van der Waals surface area contributed by atoms with Gasteiger partial charge in [-0.15, -0.1) is 0 Å². The number of aromatic nitrogens is 2. The summed E-state index contributed by atoms with van der Waals surface area (Å²) in [7, 11) is 1.68. The maximum absolute atomic E-state index is 13.7. The molecule has 4 fully saturated rings. The van der Waals surface area contributed by atoms with E-state index in [1.165, 1.54) is 19.3 Å². The number of rotatable bonds is 8.